The van der Waals surface area contributed by atoms with E-state index >= 15 is 0 Å². The van der Waals surface area contributed by atoms with Gasteiger partial charge >= 0.3 is 0 Å². The van der Waals surface area contributed by atoms with Crippen LogP contribution in [0.5, 0.6) is 0 Å². The third-order valence-corrected chi connectivity index (χ3v) is 4.51. The Morgan fingerprint density at radius 3 is 3.12 bits per heavy atom. The summed E-state index contributed by atoms with van der Waals surface area (Å²) in [5, 5.41) is 10.4. The van der Waals surface area contributed by atoms with Crippen LogP contribution < -0.4 is 5.32 Å². The highest BCUT2D eigenvalue weighted by atomic mass is 79.9. The molecule has 0 saturated carbocycles. The lowest BCUT2D eigenvalue weighted by Gasteiger charge is -2.22. The van der Waals surface area contributed by atoms with Crippen molar-refractivity contribution in [1.29, 1.82) is 0 Å². The lowest BCUT2D eigenvalue weighted by Crippen LogP contribution is -2.33. The lowest BCUT2D eigenvalue weighted by molar-refractivity contribution is 0.0754. The molecule has 0 unspecified atom stereocenters. The van der Waals surface area contributed by atoms with Gasteiger partial charge in [0.25, 0.3) is 5.91 Å². The number of fused-ring (bicyclic) bond motifs is 1. The van der Waals surface area contributed by atoms with Crippen LogP contribution >= 0.6 is 15.9 Å². The van der Waals surface area contributed by atoms with E-state index in [0.29, 0.717) is 24.3 Å². The summed E-state index contributed by atoms with van der Waals surface area (Å²) in [5.74, 6) is -0.568. The number of carbonyl (C=O) groups excluding carboxylic acids is 1. The Morgan fingerprint density at radius 1 is 1.50 bits per heavy atom. The van der Waals surface area contributed by atoms with Crippen molar-refractivity contribution in [2.24, 2.45) is 0 Å². The molecule has 126 valence electrons. The maximum Gasteiger partial charge on any atom is 0.275 e. The standard InChI is InChI=1S/C17H18BrFN4O/c1-2-7-23(10-11-8-12(18)3-4-14(11)19)17(24)16-13-9-20-6-5-15(13)21-22-16/h2-4,8,20H,1,5-7,9-10H2,(H,21,22). The molecule has 0 radical (unpaired) electrons. The number of halogens is 2. The smallest absolute Gasteiger partial charge is 0.275 e. The number of aromatic amines is 1. The zero-order valence-corrected chi connectivity index (χ0v) is 14.7. The van der Waals surface area contributed by atoms with Crippen LogP contribution in [0.15, 0.2) is 35.3 Å². The molecule has 5 nitrogen and oxygen atoms in total. The van der Waals surface area contributed by atoms with Gasteiger partial charge in [-0.25, -0.2) is 4.39 Å². The molecule has 0 spiro atoms. The Hall–Kier alpha value is -1.99. The van der Waals surface area contributed by atoms with Crippen LogP contribution in [0.3, 0.4) is 0 Å². The van der Waals surface area contributed by atoms with E-state index in [4.69, 9.17) is 0 Å². The molecule has 24 heavy (non-hydrogen) atoms. The van der Waals surface area contributed by atoms with Gasteiger partial charge < -0.3 is 10.2 Å². The van der Waals surface area contributed by atoms with E-state index in [2.05, 4.69) is 38.0 Å². The van der Waals surface area contributed by atoms with Gasteiger partial charge in [0, 0.05) is 53.9 Å². The normalized spacial score (nSPS) is 13.4. The van der Waals surface area contributed by atoms with E-state index in [1.165, 1.54) is 6.07 Å². The quantitative estimate of drug-likeness (QED) is 0.769. The van der Waals surface area contributed by atoms with E-state index < -0.39 is 0 Å². The number of benzene rings is 1. The Labute approximate surface area is 148 Å². The van der Waals surface area contributed by atoms with E-state index in [9.17, 15) is 9.18 Å². The Bertz CT molecular complexity index is 774. The summed E-state index contributed by atoms with van der Waals surface area (Å²) in [6, 6.07) is 4.70. The predicted molar refractivity (Wildman–Crippen MR) is 93.0 cm³/mol. The van der Waals surface area contributed by atoms with Gasteiger partial charge in [-0.2, -0.15) is 5.10 Å². The van der Waals surface area contributed by atoms with E-state index in [0.717, 1.165) is 28.7 Å². The molecule has 1 aliphatic rings. The van der Waals surface area contributed by atoms with Crippen molar-refractivity contribution in [3.8, 4) is 0 Å². The molecule has 1 aromatic carbocycles. The van der Waals surface area contributed by atoms with E-state index in [1.54, 1.807) is 23.1 Å². The number of aromatic nitrogens is 2. The molecule has 2 N–H and O–H groups in total. The Balaban J connectivity index is 1.87. The number of hydrogen-bond acceptors (Lipinski definition) is 3. The molecule has 1 aromatic heterocycles. The zero-order chi connectivity index (χ0) is 17.1. The summed E-state index contributed by atoms with van der Waals surface area (Å²) in [7, 11) is 0. The fourth-order valence-electron chi connectivity index (χ4n) is 2.80. The summed E-state index contributed by atoms with van der Waals surface area (Å²) in [4.78, 5) is 14.4. The molecule has 2 heterocycles. The second kappa shape index (κ2) is 7.27. The van der Waals surface area contributed by atoms with Crippen LogP contribution in [0.1, 0.15) is 27.3 Å². The van der Waals surface area contributed by atoms with E-state index in [-0.39, 0.29) is 18.3 Å². The maximum absolute atomic E-state index is 14.0. The highest BCUT2D eigenvalue weighted by molar-refractivity contribution is 9.10. The first-order valence-corrected chi connectivity index (χ1v) is 8.50. The lowest BCUT2D eigenvalue weighted by atomic mass is 10.1. The van der Waals surface area contributed by atoms with Crippen LogP contribution in [0.2, 0.25) is 0 Å². The third-order valence-electron chi connectivity index (χ3n) is 4.01. The fraction of sp³-hybridized carbons (Fsp3) is 0.294. The molecule has 7 heteroatoms. The average molecular weight is 393 g/mol. The van der Waals surface area contributed by atoms with Crippen LogP contribution in [0.4, 0.5) is 4.39 Å². The van der Waals surface area contributed by atoms with E-state index in [1.807, 2.05) is 0 Å². The highest BCUT2D eigenvalue weighted by Gasteiger charge is 2.25. The summed E-state index contributed by atoms with van der Waals surface area (Å²) in [5.41, 5.74) is 2.73. The van der Waals surface area contributed by atoms with Crippen molar-refractivity contribution in [3.05, 3.63) is 63.7 Å². The van der Waals surface area contributed by atoms with Crippen LogP contribution in [0.25, 0.3) is 0 Å². The minimum atomic E-state index is -0.342. The monoisotopic (exact) mass is 392 g/mol. The molecule has 1 amide bonds. The minimum absolute atomic E-state index is 0.158. The number of rotatable bonds is 5. The SMILES string of the molecule is C=CCN(Cc1cc(Br)ccc1F)C(=O)c1n[nH]c2c1CNCC2. The molecular formula is C17H18BrFN4O. The van der Waals surface area contributed by atoms with Gasteiger partial charge in [0.1, 0.15) is 5.82 Å². The van der Waals surface area contributed by atoms with Crippen LogP contribution in [0, 0.1) is 5.82 Å². The largest absolute Gasteiger partial charge is 0.329 e. The van der Waals surface area contributed by atoms with Crippen molar-refractivity contribution in [2.75, 3.05) is 13.1 Å². The predicted octanol–water partition coefficient (Wildman–Crippen LogP) is 2.79. The maximum atomic E-state index is 14.0. The fourth-order valence-corrected chi connectivity index (χ4v) is 3.21. The molecule has 0 fully saturated rings. The van der Waals surface area contributed by atoms with Crippen molar-refractivity contribution >= 4 is 21.8 Å². The number of H-pyrrole nitrogens is 1. The van der Waals surface area contributed by atoms with Gasteiger partial charge in [0.2, 0.25) is 0 Å². The number of hydrogen-bond donors (Lipinski definition) is 2. The van der Waals surface area contributed by atoms with Gasteiger partial charge in [0.15, 0.2) is 5.69 Å². The first-order chi connectivity index (χ1) is 11.6. The molecule has 1 aliphatic heterocycles. The molecule has 0 atom stereocenters. The van der Waals surface area contributed by atoms with Crippen molar-refractivity contribution < 1.29 is 9.18 Å². The first kappa shape index (κ1) is 16.9. The number of amides is 1. The van der Waals surface area contributed by atoms with Crippen LogP contribution in [-0.4, -0.2) is 34.1 Å². The highest BCUT2D eigenvalue weighted by Crippen LogP contribution is 2.21. The first-order valence-electron chi connectivity index (χ1n) is 7.71. The molecule has 0 bridgehead atoms. The topological polar surface area (TPSA) is 61.0 Å². The van der Waals surface area contributed by atoms with Gasteiger partial charge in [0.05, 0.1) is 0 Å². The second-order valence-corrected chi connectivity index (χ2v) is 6.58. The molecule has 2 aromatic rings. The van der Waals surface area contributed by atoms with Crippen LogP contribution in [-0.2, 0) is 19.5 Å². The van der Waals surface area contributed by atoms with Gasteiger partial charge in [-0.3, -0.25) is 9.89 Å². The second-order valence-electron chi connectivity index (χ2n) is 5.67. The van der Waals surface area contributed by atoms with Crippen molar-refractivity contribution in [3.63, 3.8) is 0 Å². The molecule has 3 rings (SSSR count). The number of nitrogens with one attached hydrogen (secondary N) is 2. The van der Waals surface area contributed by atoms with Gasteiger partial charge in [-0.1, -0.05) is 22.0 Å². The summed E-state index contributed by atoms with van der Waals surface area (Å²) in [6.45, 7) is 5.65. The minimum Gasteiger partial charge on any atom is -0.329 e. The Morgan fingerprint density at radius 2 is 2.33 bits per heavy atom. The number of carbonyl (C=O) groups is 1. The summed E-state index contributed by atoms with van der Waals surface area (Å²) in [6.07, 6.45) is 2.45. The van der Waals surface area contributed by atoms with Gasteiger partial charge in [-0.15, -0.1) is 6.58 Å². The molecule has 0 saturated heterocycles. The van der Waals surface area contributed by atoms with Crippen molar-refractivity contribution in [1.82, 2.24) is 20.4 Å². The van der Waals surface area contributed by atoms with Gasteiger partial charge in [-0.05, 0) is 18.2 Å². The molecule has 0 aliphatic carbocycles. The molecular weight excluding hydrogens is 375 g/mol. The average Bonchev–Trinajstić information content (AvgIpc) is 3.01. The number of nitrogens with zero attached hydrogens (tertiary/aromatic N) is 2. The third kappa shape index (κ3) is 3.42. The Kier molecular flexibility index (Phi) is 5.11. The summed E-state index contributed by atoms with van der Waals surface area (Å²) < 4.78 is 14.8. The van der Waals surface area contributed by atoms with Crippen molar-refractivity contribution in [2.45, 2.75) is 19.5 Å². The zero-order valence-electron chi connectivity index (χ0n) is 13.1. The summed E-state index contributed by atoms with van der Waals surface area (Å²) >= 11 is 3.33.